The number of hydrogen-bond donors (Lipinski definition) is 4. The number of aromatic amines is 2. The summed E-state index contributed by atoms with van der Waals surface area (Å²) in [6.07, 6.45) is 2.03. The summed E-state index contributed by atoms with van der Waals surface area (Å²) in [5.41, 5.74) is 0. The summed E-state index contributed by atoms with van der Waals surface area (Å²) in [6, 6.07) is 0. The van der Waals surface area contributed by atoms with E-state index < -0.39 is 27.6 Å². The van der Waals surface area contributed by atoms with Crippen molar-refractivity contribution in [2.75, 3.05) is 12.3 Å². The molecular formula is C17H28N10O5S. The summed E-state index contributed by atoms with van der Waals surface area (Å²) in [5.74, 6) is -1.94. The van der Waals surface area contributed by atoms with Crippen molar-refractivity contribution in [3.05, 3.63) is 11.6 Å². The van der Waals surface area contributed by atoms with Gasteiger partial charge in [0.05, 0.1) is 11.7 Å². The molecule has 0 bridgehead atoms. The first-order chi connectivity index (χ1) is 15.7. The molecule has 0 radical (unpaired) electrons. The lowest BCUT2D eigenvalue weighted by Crippen LogP contribution is -2.34. The lowest BCUT2D eigenvalue weighted by molar-refractivity contribution is -0.121. The number of carbonyl (C=O) groups is 3. The minimum atomic E-state index is -3.95. The van der Waals surface area contributed by atoms with E-state index in [1.54, 1.807) is 6.92 Å². The highest BCUT2D eigenvalue weighted by Gasteiger charge is 2.27. The number of nitrogens with one attached hydrogen (secondary N) is 4. The molecule has 4 N–H and O–H groups in total. The minimum Gasteiger partial charge on any atom is -0.356 e. The van der Waals surface area contributed by atoms with Gasteiger partial charge in [-0.1, -0.05) is 23.8 Å². The van der Waals surface area contributed by atoms with Crippen molar-refractivity contribution >= 4 is 27.6 Å². The normalized spacial score (nSPS) is 12.5. The molecule has 2 rings (SSSR count). The molecule has 0 fully saturated rings. The fourth-order valence-corrected chi connectivity index (χ4v) is 3.96. The number of tetrazole rings is 2. The van der Waals surface area contributed by atoms with E-state index in [1.807, 2.05) is 11.6 Å². The maximum absolute atomic E-state index is 12.3. The monoisotopic (exact) mass is 484 g/mol. The van der Waals surface area contributed by atoms with Gasteiger partial charge in [0.25, 0.3) is 0 Å². The topological polar surface area (TPSA) is 218 Å². The smallest absolute Gasteiger partial charge is 0.234 e. The van der Waals surface area contributed by atoms with E-state index in [0.717, 1.165) is 19.3 Å². The van der Waals surface area contributed by atoms with Gasteiger partial charge >= 0.3 is 0 Å². The van der Waals surface area contributed by atoms with E-state index in [-0.39, 0.29) is 48.5 Å². The molecule has 0 saturated heterocycles. The molecule has 0 aliphatic rings. The van der Waals surface area contributed by atoms with Crippen LogP contribution in [-0.4, -0.2) is 79.6 Å². The van der Waals surface area contributed by atoms with Crippen molar-refractivity contribution in [2.45, 2.75) is 58.3 Å². The predicted molar refractivity (Wildman–Crippen MR) is 113 cm³/mol. The maximum atomic E-state index is 12.3. The molecule has 16 heteroatoms. The molecule has 0 unspecified atom stereocenters. The van der Waals surface area contributed by atoms with Gasteiger partial charge in [0.2, 0.25) is 21.8 Å². The Bertz CT molecular complexity index is 959. The van der Waals surface area contributed by atoms with Crippen LogP contribution in [-0.2, 0) is 24.4 Å². The van der Waals surface area contributed by atoms with Gasteiger partial charge in [0, 0.05) is 25.3 Å². The van der Waals surface area contributed by atoms with Gasteiger partial charge in [-0.15, -0.1) is 20.4 Å². The van der Waals surface area contributed by atoms with E-state index in [1.165, 1.54) is 0 Å². The Morgan fingerprint density at radius 3 is 2.15 bits per heavy atom. The zero-order valence-electron chi connectivity index (χ0n) is 18.4. The average Bonchev–Trinajstić information content (AvgIpc) is 3.45. The molecule has 2 aromatic rings. The lowest BCUT2D eigenvalue weighted by atomic mass is 10.0. The molecule has 0 spiro atoms. The van der Waals surface area contributed by atoms with Crippen LogP contribution in [0.5, 0.6) is 0 Å². The second-order valence-electron chi connectivity index (χ2n) is 7.60. The quantitative estimate of drug-likeness (QED) is 0.224. The molecule has 0 aromatic carbocycles. The number of amides is 2. The van der Waals surface area contributed by atoms with Crippen molar-refractivity contribution < 1.29 is 22.8 Å². The molecule has 2 amide bonds. The third-order valence-corrected chi connectivity index (χ3v) is 6.27. The van der Waals surface area contributed by atoms with E-state index >= 15 is 0 Å². The number of Topliss-reactive ketones (excluding diaryl/α,β-unsaturated/α-hetero) is 1. The van der Waals surface area contributed by atoms with Gasteiger partial charge in [-0.3, -0.25) is 19.1 Å². The first-order valence-electron chi connectivity index (χ1n) is 10.4. The Morgan fingerprint density at radius 1 is 0.970 bits per heavy atom. The molecule has 0 aliphatic carbocycles. The predicted octanol–water partition coefficient (Wildman–Crippen LogP) is -1.03. The SMILES string of the molecule is CC(=O)[C@@H](C)CCCCNC(=O)CCCS(=O)(=O)NC(=O)CC(c1nn[nH]n1)c1nn[nH]n1. The van der Waals surface area contributed by atoms with Gasteiger partial charge in [-0.2, -0.15) is 10.4 Å². The van der Waals surface area contributed by atoms with Crippen LogP contribution in [0.25, 0.3) is 0 Å². The van der Waals surface area contributed by atoms with Crippen molar-refractivity contribution in [3.8, 4) is 0 Å². The Morgan fingerprint density at radius 2 is 1.61 bits per heavy atom. The number of hydrogen-bond acceptors (Lipinski definition) is 11. The standard InChI is InChI=1S/C17H28N10O5S/c1-11(12(2)28)6-3-4-8-18-14(29)7-5-9-33(31,32)23-15(30)10-13(16-19-24-25-20-16)17-21-26-27-22-17/h11,13H,3-10H2,1-2H3,(H,18,29)(H,23,30)(H,19,20,24,25)(H,21,22,26,27)/t11-/m0/s1. The van der Waals surface area contributed by atoms with Gasteiger partial charge in [0.1, 0.15) is 5.78 Å². The summed E-state index contributed by atoms with van der Waals surface area (Å²) < 4.78 is 26.4. The van der Waals surface area contributed by atoms with E-state index in [0.29, 0.717) is 6.54 Å². The molecule has 33 heavy (non-hydrogen) atoms. The zero-order chi connectivity index (χ0) is 24.3. The fourth-order valence-electron chi connectivity index (χ4n) is 2.90. The Hall–Kier alpha value is -3.30. The molecule has 0 aliphatic heterocycles. The van der Waals surface area contributed by atoms with E-state index in [4.69, 9.17) is 0 Å². The number of carbonyl (C=O) groups excluding carboxylic acids is 3. The number of rotatable bonds is 15. The van der Waals surface area contributed by atoms with Gasteiger partial charge in [-0.25, -0.2) is 8.42 Å². The molecule has 0 saturated carbocycles. The summed E-state index contributed by atoms with van der Waals surface area (Å²) in [5, 5.41) is 29.2. The van der Waals surface area contributed by atoms with Crippen LogP contribution in [0.15, 0.2) is 0 Å². The highest BCUT2D eigenvalue weighted by molar-refractivity contribution is 7.90. The van der Waals surface area contributed by atoms with Gasteiger partial charge in [-0.05, 0) is 26.2 Å². The zero-order valence-corrected chi connectivity index (χ0v) is 19.3. The van der Waals surface area contributed by atoms with E-state index in [2.05, 4.69) is 46.6 Å². The summed E-state index contributed by atoms with van der Waals surface area (Å²) in [4.78, 5) is 35.3. The first-order valence-corrected chi connectivity index (χ1v) is 12.1. The van der Waals surface area contributed by atoms with E-state index in [9.17, 15) is 22.8 Å². The number of H-pyrrole nitrogens is 2. The summed E-state index contributed by atoms with van der Waals surface area (Å²) >= 11 is 0. The lowest BCUT2D eigenvalue weighted by Gasteiger charge is -2.10. The fraction of sp³-hybridized carbons (Fsp3) is 0.706. The molecule has 15 nitrogen and oxygen atoms in total. The Balaban J connectivity index is 1.70. The van der Waals surface area contributed by atoms with Crippen molar-refractivity contribution in [2.24, 2.45) is 5.92 Å². The number of unbranched alkanes of at least 4 members (excludes halogenated alkanes) is 1. The highest BCUT2D eigenvalue weighted by atomic mass is 32.2. The molecule has 2 heterocycles. The molecule has 1 atom stereocenters. The number of aromatic nitrogens is 8. The summed E-state index contributed by atoms with van der Waals surface area (Å²) in [7, 11) is -3.95. The van der Waals surface area contributed by atoms with Gasteiger partial charge in [0.15, 0.2) is 11.6 Å². The second-order valence-corrected chi connectivity index (χ2v) is 9.44. The second kappa shape index (κ2) is 12.7. The van der Waals surface area contributed by atoms with Crippen molar-refractivity contribution in [3.63, 3.8) is 0 Å². The third kappa shape index (κ3) is 9.38. The van der Waals surface area contributed by atoms with Crippen LogP contribution in [0.1, 0.15) is 69.9 Å². The van der Waals surface area contributed by atoms with Crippen LogP contribution < -0.4 is 10.0 Å². The van der Waals surface area contributed by atoms with Crippen LogP contribution in [0, 0.1) is 5.92 Å². The molecule has 182 valence electrons. The van der Waals surface area contributed by atoms with Crippen LogP contribution in [0.2, 0.25) is 0 Å². The largest absolute Gasteiger partial charge is 0.356 e. The Kier molecular flexibility index (Phi) is 9.96. The number of nitrogens with zero attached hydrogens (tertiary/aromatic N) is 6. The van der Waals surface area contributed by atoms with Crippen molar-refractivity contribution in [1.82, 2.24) is 51.3 Å². The maximum Gasteiger partial charge on any atom is 0.234 e. The van der Waals surface area contributed by atoms with Crippen LogP contribution >= 0.6 is 0 Å². The van der Waals surface area contributed by atoms with Gasteiger partial charge < -0.3 is 5.32 Å². The molecule has 2 aromatic heterocycles. The summed E-state index contributed by atoms with van der Waals surface area (Å²) in [6.45, 7) is 3.89. The van der Waals surface area contributed by atoms with Crippen LogP contribution in [0.3, 0.4) is 0 Å². The minimum absolute atomic E-state index is 0.00724. The molecular weight excluding hydrogens is 456 g/mol. The average molecular weight is 485 g/mol. The third-order valence-electron chi connectivity index (χ3n) is 4.90. The van der Waals surface area contributed by atoms with Crippen molar-refractivity contribution in [1.29, 1.82) is 0 Å². The van der Waals surface area contributed by atoms with Crippen LogP contribution in [0.4, 0.5) is 0 Å². The number of ketones is 1. The number of sulfonamides is 1. The Labute approximate surface area is 190 Å². The first kappa shape index (κ1) is 26.0. The highest BCUT2D eigenvalue weighted by Crippen LogP contribution is 2.20.